The second-order valence-corrected chi connectivity index (χ2v) is 17.7. The van der Waals surface area contributed by atoms with Crippen molar-refractivity contribution >= 4 is 10.4 Å². The first-order chi connectivity index (χ1) is 22.3. The van der Waals surface area contributed by atoms with Crippen LogP contribution in [0.2, 0.25) is 0 Å². The molecular weight excluding hydrogens is 648 g/mol. The zero-order chi connectivity index (χ0) is 35.6. The minimum atomic E-state index is -4.64. The highest BCUT2D eigenvalue weighted by molar-refractivity contribution is 7.80. The Hall–Kier alpha value is -0.490. The van der Waals surface area contributed by atoms with Gasteiger partial charge >= 0.3 is 10.4 Å². The molecule has 5 fully saturated rings. The zero-order valence-corrected chi connectivity index (χ0v) is 29.8. The van der Waals surface area contributed by atoms with Crippen LogP contribution in [0.25, 0.3) is 0 Å². The minimum Gasteiger partial charge on any atom is -0.393 e. The van der Waals surface area contributed by atoms with E-state index in [1.807, 2.05) is 6.92 Å². The molecule has 1 aliphatic heterocycles. The summed E-state index contributed by atoms with van der Waals surface area (Å²) in [6, 6.07) is 0. The lowest BCUT2D eigenvalue weighted by atomic mass is 9.42. The van der Waals surface area contributed by atoms with E-state index in [1.54, 1.807) is 0 Å². The molecule has 0 radical (unpaired) electrons. The van der Waals surface area contributed by atoms with E-state index in [0.29, 0.717) is 32.3 Å². The summed E-state index contributed by atoms with van der Waals surface area (Å²) in [7, 11) is -4.64. The smallest absolute Gasteiger partial charge is 0.393 e. The molecule has 14 heteroatoms. The van der Waals surface area contributed by atoms with Crippen LogP contribution in [0.4, 0.5) is 0 Å². The summed E-state index contributed by atoms with van der Waals surface area (Å²) >= 11 is 0. The van der Waals surface area contributed by atoms with Crippen molar-refractivity contribution in [1.29, 1.82) is 0 Å². The van der Waals surface area contributed by atoms with Crippen LogP contribution in [0.5, 0.6) is 0 Å². The van der Waals surface area contributed by atoms with E-state index in [1.165, 1.54) is 0 Å². The van der Waals surface area contributed by atoms with E-state index in [0.717, 1.165) is 19.3 Å². The highest BCUT2D eigenvalue weighted by Crippen LogP contribution is 2.70. The lowest BCUT2D eigenvalue weighted by Gasteiger charge is -2.66. The number of aliphatic hydroxyl groups excluding tert-OH is 6. The fourth-order valence-electron chi connectivity index (χ4n) is 11.6. The number of hydrogen-bond donors (Lipinski definition) is 8. The van der Waals surface area contributed by atoms with Crippen molar-refractivity contribution in [3.63, 3.8) is 0 Å². The van der Waals surface area contributed by atoms with Crippen molar-refractivity contribution in [3.05, 3.63) is 0 Å². The van der Waals surface area contributed by atoms with Gasteiger partial charge < -0.3 is 45.2 Å². The Morgan fingerprint density at radius 2 is 1.56 bits per heavy atom. The first-order valence-corrected chi connectivity index (χ1v) is 19.3. The van der Waals surface area contributed by atoms with Crippen LogP contribution in [-0.2, 0) is 24.1 Å². The SMILES string of the molecule is CCC(CCC(C)C1C(O)C(O)C2C1(C)CCC1C3(C)CCC(OS(=O)(=O)O)CC3C(O)CC12O)C(C)COC1OCC(O)C(O)C1O. The molecular formula is C34H60O13S. The van der Waals surface area contributed by atoms with E-state index < -0.39 is 81.8 Å². The Morgan fingerprint density at radius 1 is 0.896 bits per heavy atom. The van der Waals surface area contributed by atoms with Gasteiger partial charge in [-0.15, -0.1) is 0 Å². The fourth-order valence-corrected chi connectivity index (χ4v) is 12.1. The third-order valence-corrected chi connectivity index (χ3v) is 14.5. The first kappa shape index (κ1) is 38.7. The predicted molar refractivity (Wildman–Crippen MR) is 172 cm³/mol. The maximum absolute atomic E-state index is 12.6. The summed E-state index contributed by atoms with van der Waals surface area (Å²) < 4.78 is 48.2. The highest BCUT2D eigenvalue weighted by atomic mass is 32.3. The van der Waals surface area contributed by atoms with Gasteiger partial charge in [-0.3, -0.25) is 4.55 Å². The van der Waals surface area contributed by atoms with Gasteiger partial charge in [0.15, 0.2) is 6.29 Å². The molecule has 8 N–H and O–H groups in total. The van der Waals surface area contributed by atoms with Crippen molar-refractivity contribution < 1.29 is 62.4 Å². The molecule has 13 nitrogen and oxygen atoms in total. The van der Waals surface area contributed by atoms with Crippen LogP contribution < -0.4 is 0 Å². The molecule has 0 aromatic rings. The van der Waals surface area contributed by atoms with E-state index in [2.05, 4.69) is 27.7 Å². The molecule has 4 saturated carbocycles. The average Bonchev–Trinajstić information content (AvgIpc) is 3.20. The number of ether oxygens (including phenoxy) is 2. The molecule has 48 heavy (non-hydrogen) atoms. The van der Waals surface area contributed by atoms with E-state index >= 15 is 0 Å². The number of rotatable bonds is 11. The number of fused-ring (bicyclic) bond motifs is 5. The molecule has 0 aromatic carbocycles. The topological polar surface area (TPSA) is 224 Å². The summed E-state index contributed by atoms with van der Waals surface area (Å²) in [6.45, 7) is 10.5. The Labute approximate surface area is 284 Å². The average molecular weight is 709 g/mol. The molecule has 0 bridgehead atoms. The van der Waals surface area contributed by atoms with Gasteiger partial charge in [-0.25, -0.2) is 4.18 Å². The Morgan fingerprint density at radius 3 is 2.21 bits per heavy atom. The minimum absolute atomic E-state index is 0.00642. The third kappa shape index (κ3) is 6.88. The van der Waals surface area contributed by atoms with E-state index in [4.69, 9.17) is 13.7 Å². The summed E-state index contributed by atoms with van der Waals surface area (Å²) in [5, 5.41) is 77.4. The van der Waals surface area contributed by atoms with Crippen molar-refractivity contribution in [2.45, 2.75) is 147 Å². The van der Waals surface area contributed by atoms with Crippen LogP contribution in [0.15, 0.2) is 0 Å². The summed E-state index contributed by atoms with van der Waals surface area (Å²) in [4.78, 5) is 0. The second kappa shape index (κ2) is 14.1. The lowest BCUT2D eigenvalue weighted by molar-refractivity contribution is -0.273. The van der Waals surface area contributed by atoms with E-state index in [9.17, 15) is 48.7 Å². The number of hydrogen-bond acceptors (Lipinski definition) is 12. The molecule has 5 rings (SSSR count). The molecule has 0 amide bonds. The lowest BCUT2D eigenvalue weighted by Crippen LogP contribution is -2.68. The molecule has 18 unspecified atom stereocenters. The van der Waals surface area contributed by atoms with Gasteiger partial charge in [-0.2, -0.15) is 8.42 Å². The van der Waals surface area contributed by atoms with Gasteiger partial charge in [0.1, 0.15) is 18.3 Å². The third-order valence-electron chi connectivity index (χ3n) is 14.0. The molecule has 5 aliphatic rings. The van der Waals surface area contributed by atoms with Crippen molar-refractivity contribution in [3.8, 4) is 0 Å². The van der Waals surface area contributed by atoms with Crippen LogP contribution in [0.3, 0.4) is 0 Å². The van der Waals surface area contributed by atoms with Gasteiger partial charge in [0.05, 0.1) is 43.2 Å². The molecule has 1 saturated heterocycles. The van der Waals surface area contributed by atoms with Crippen LogP contribution >= 0.6 is 0 Å². The van der Waals surface area contributed by atoms with Crippen molar-refractivity contribution in [2.75, 3.05) is 13.2 Å². The van der Waals surface area contributed by atoms with Gasteiger partial charge in [-0.1, -0.05) is 47.5 Å². The first-order valence-electron chi connectivity index (χ1n) is 18.0. The quantitative estimate of drug-likeness (QED) is 0.142. The second-order valence-electron chi connectivity index (χ2n) is 16.7. The molecule has 0 aromatic heterocycles. The van der Waals surface area contributed by atoms with Crippen LogP contribution in [0, 0.1) is 52.3 Å². The van der Waals surface area contributed by atoms with Crippen LogP contribution in [-0.4, -0.2) is 117 Å². The zero-order valence-electron chi connectivity index (χ0n) is 29.0. The normalized spacial score (nSPS) is 49.8. The Kier molecular flexibility index (Phi) is 11.4. The standard InChI is InChI=1S/C34H60O13S/c1-6-19(18(3)15-45-31-29(40)26(37)23(36)16-46-31)8-7-17(2)25-27(38)28(39)30-33(25,5)12-10-24-32(4)11-9-20(47-48(42,43)44)13-21(32)22(35)14-34(24,30)41/h17-31,35-41H,6-16H2,1-5H3,(H,42,43,44). The van der Waals surface area contributed by atoms with Crippen molar-refractivity contribution in [2.24, 2.45) is 52.3 Å². The maximum atomic E-state index is 12.6. The van der Waals surface area contributed by atoms with Crippen LogP contribution in [0.1, 0.15) is 92.4 Å². The van der Waals surface area contributed by atoms with Gasteiger partial charge in [0, 0.05) is 12.3 Å². The Bertz CT molecular complexity index is 1220. The molecule has 18 atom stereocenters. The largest absolute Gasteiger partial charge is 0.397 e. The molecule has 280 valence electrons. The predicted octanol–water partition coefficient (Wildman–Crippen LogP) is 1.39. The molecule has 0 spiro atoms. The summed E-state index contributed by atoms with van der Waals surface area (Å²) in [5.74, 6) is -1.22. The molecule has 1 heterocycles. The molecule has 4 aliphatic carbocycles. The van der Waals surface area contributed by atoms with E-state index in [-0.39, 0.29) is 55.0 Å². The monoisotopic (exact) mass is 708 g/mol. The summed E-state index contributed by atoms with van der Waals surface area (Å²) in [5.41, 5.74) is -2.57. The summed E-state index contributed by atoms with van der Waals surface area (Å²) in [6.07, 6.45) is -3.95. The van der Waals surface area contributed by atoms with Crippen molar-refractivity contribution in [1.82, 2.24) is 0 Å². The Balaban J connectivity index is 1.26. The number of aliphatic hydroxyl groups is 7. The maximum Gasteiger partial charge on any atom is 0.397 e. The fraction of sp³-hybridized carbons (Fsp3) is 1.00. The highest BCUT2D eigenvalue weighted by Gasteiger charge is 2.72. The van der Waals surface area contributed by atoms with Gasteiger partial charge in [0.2, 0.25) is 0 Å². The van der Waals surface area contributed by atoms with Gasteiger partial charge in [0.25, 0.3) is 0 Å². The van der Waals surface area contributed by atoms with Gasteiger partial charge in [-0.05, 0) is 84.9 Å².